The molecular weight excluding hydrogens is 222 g/mol. The molecule has 2 rings (SSSR count). The second-order valence-electron chi connectivity index (χ2n) is 5.17. The lowest BCUT2D eigenvalue weighted by atomic mass is 10.0. The Labute approximate surface area is 111 Å². The van der Waals surface area contributed by atoms with Crippen molar-refractivity contribution < 1.29 is 0 Å². The molecule has 0 unspecified atom stereocenters. The molecular formula is C15H25N3. The van der Waals surface area contributed by atoms with Crippen molar-refractivity contribution in [3.05, 3.63) is 23.4 Å². The fourth-order valence-corrected chi connectivity index (χ4v) is 2.87. The van der Waals surface area contributed by atoms with Gasteiger partial charge < -0.3 is 5.32 Å². The van der Waals surface area contributed by atoms with Crippen LogP contribution in [0.15, 0.2) is 12.1 Å². The minimum absolute atomic E-state index is 0.593. The number of likely N-dealkylation sites (tertiary alicyclic amines) is 1. The van der Waals surface area contributed by atoms with Gasteiger partial charge >= 0.3 is 0 Å². The molecule has 0 spiro atoms. The van der Waals surface area contributed by atoms with Crippen molar-refractivity contribution in [2.75, 3.05) is 25.5 Å². The summed E-state index contributed by atoms with van der Waals surface area (Å²) in [6.07, 6.45) is 5.18. The Balaban J connectivity index is 2.14. The Morgan fingerprint density at radius 3 is 2.94 bits per heavy atom. The monoisotopic (exact) mass is 247 g/mol. The lowest BCUT2D eigenvalue weighted by Gasteiger charge is -2.25. The average Bonchev–Trinajstić information content (AvgIpc) is 2.84. The number of aromatic nitrogens is 1. The van der Waals surface area contributed by atoms with Crippen LogP contribution in [0.25, 0.3) is 0 Å². The van der Waals surface area contributed by atoms with Gasteiger partial charge in [0.1, 0.15) is 5.82 Å². The van der Waals surface area contributed by atoms with Gasteiger partial charge in [0.25, 0.3) is 0 Å². The molecule has 2 heterocycles. The van der Waals surface area contributed by atoms with Crippen LogP contribution in [-0.4, -0.2) is 30.0 Å². The smallest absolute Gasteiger partial charge is 0.125 e. The Morgan fingerprint density at radius 1 is 1.44 bits per heavy atom. The first-order valence-electron chi connectivity index (χ1n) is 7.15. The van der Waals surface area contributed by atoms with E-state index in [2.05, 4.69) is 41.2 Å². The molecule has 1 aromatic rings. The van der Waals surface area contributed by atoms with Crippen LogP contribution in [0, 0.1) is 6.92 Å². The summed E-state index contributed by atoms with van der Waals surface area (Å²) in [5.74, 6) is 0.967. The second kappa shape index (κ2) is 6.19. The van der Waals surface area contributed by atoms with Gasteiger partial charge in [-0.25, -0.2) is 4.98 Å². The average molecular weight is 247 g/mol. The number of aryl methyl sites for hydroxylation is 1. The van der Waals surface area contributed by atoms with Gasteiger partial charge in [0.15, 0.2) is 0 Å². The number of hydrogen-bond acceptors (Lipinski definition) is 3. The lowest BCUT2D eigenvalue weighted by molar-refractivity contribution is 0.252. The number of unbranched alkanes of at least 4 members (excludes halogenated alkanes) is 1. The summed E-state index contributed by atoms with van der Waals surface area (Å²) in [4.78, 5) is 7.24. The molecule has 0 aromatic carbocycles. The summed E-state index contributed by atoms with van der Waals surface area (Å²) in [5, 5.41) is 3.11. The Morgan fingerprint density at radius 2 is 2.28 bits per heavy atom. The molecule has 0 bridgehead atoms. The van der Waals surface area contributed by atoms with Crippen molar-refractivity contribution in [1.29, 1.82) is 0 Å². The maximum Gasteiger partial charge on any atom is 0.125 e. The number of nitrogens with one attached hydrogen (secondary N) is 1. The van der Waals surface area contributed by atoms with Crippen LogP contribution in [-0.2, 0) is 0 Å². The highest BCUT2D eigenvalue weighted by molar-refractivity contribution is 5.39. The van der Waals surface area contributed by atoms with E-state index < -0.39 is 0 Å². The predicted octanol–water partition coefficient (Wildman–Crippen LogP) is 3.37. The highest BCUT2D eigenvalue weighted by Gasteiger charge is 2.26. The molecule has 0 radical (unpaired) electrons. The molecule has 18 heavy (non-hydrogen) atoms. The minimum Gasteiger partial charge on any atom is -0.373 e. The molecule has 1 fully saturated rings. The first kappa shape index (κ1) is 13.3. The zero-order chi connectivity index (χ0) is 13.0. The van der Waals surface area contributed by atoms with Gasteiger partial charge in [-0.3, -0.25) is 4.90 Å². The van der Waals surface area contributed by atoms with E-state index in [1.54, 1.807) is 0 Å². The zero-order valence-electron chi connectivity index (χ0n) is 11.9. The summed E-state index contributed by atoms with van der Waals surface area (Å²) >= 11 is 0. The molecule has 3 heteroatoms. The number of rotatable bonds is 5. The summed E-state index contributed by atoms with van der Waals surface area (Å²) in [6, 6.07) is 4.94. The third-order valence-corrected chi connectivity index (χ3v) is 3.90. The molecule has 0 aliphatic carbocycles. The van der Waals surface area contributed by atoms with Gasteiger partial charge in [-0.15, -0.1) is 0 Å². The van der Waals surface area contributed by atoms with Crippen molar-refractivity contribution in [1.82, 2.24) is 9.88 Å². The summed E-state index contributed by atoms with van der Waals surface area (Å²) < 4.78 is 0. The van der Waals surface area contributed by atoms with Crippen molar-refractivity contribution in [2.24, 2.45) is 0 Å². The third-order valence-electron chi connectivity index (χ3n) is 3.90. The van der Waals surface area contributed by atoms with Crippen molar-refractivity contribution in [3.8, 4) is 0 Å². The molecule has 100 valence electrons. The maximum atomic E-state index is 4.61. The first-order valence-corrected chi connectivity index (χ1v) is 7.15. The van der Waals surface area contributed by atoms with Crippen LogP contribution in [0.2, 0.25) is 0 Å². The highest BCUT2D eigenvalue weighted by Crippen LogP contribution is 2.33. The van der Waals surface area contributed by atoms with Crippen molar-refractivity contribution in [3.63, 3.8) is 0 Å². The lowest BCUT2D eigenvalue weighted by Crippen LogP contribution is -2.25. The Kier molecular flexibility index (Phi) is 4.59. The largest absolute Gasteiger partial charge is 0.373 e. The van der Waals surface area contributed by atoms with Crippen LogP contribution in [0.3, 0.4) is 0 Å². The molecule has 3 nitrogen and oxygen atoms in total. The summed E-state index contributed by atoms with van der Waals surface area (Å²) in [7, 11) is 1.92. The van der Waals surface area contributed by atoms with Crippen LogP contribution in [0.4, 0.5) is 5.82 Å². The number of anilines is 1. The van der Waals surface area contributed by atoms with Gasteiger partial charge in [-0.1, -0.05) is 19.4 Å². The standard InChI is InChI=1S/C15H25N3/c1-4-5-10-18-11-6-7-14(18)13-8-9-15(16-3)17-12(13)2/h8-9,14H,4-7,10-11H2,1-3H3,(H,16,17)/t14-/m1/s1. The minimum atomic E-state index is 0.593. The maximum absolute atomic E-state index is 4.61. The van der Waals surface area contributed by atoms with Crippen LogP contribution in [0.1, 0.15) is 49.9 Å². The van der Waals surface area contributed by atoms with E-state index in [1.807, 2.05) is 7.05 Å². The van der Waals surface area contributed by atoms with E-state index in [-0.39, 0.29) is 0 Å². The van der Waals surface area contributed by atoms with Crippen molar-refractivity contribution in [2.45, 2.75) is 45.6 Å². The van der Waals surface area contributed by atoms with E-state index >= 15 is 0 Å². The van der Waals surface area contributed by atoms with Crippen LogP contribution < -0.4 is 5.32 Å². The van der Waals surface area contributed by atoms with Gasteiger partial charge in [-0.05, 0) is 50.9 Å². The van der Waals surface area contributed by atoms with Gasteiger partial charge in [0.2, 0.25) is 0 Å². The summed E-state index contributed by atoms with van der Waals surface area (Å²) in [6.45, 7) is 6.87. The highest BCUT2D eigenvalue weighted by atomic mass is 15.2. The molecule has 1 aliphatic rings. The molecule has 0 amide bonds. The Bertz CT molecular complexity index is 389. The first-order chi connectivity index (χ1) is 8.76. The van der Waals surface area contributed by atoms with Gasteiger partial charge in [-0.2, -0.15) is 0 Å². The van der Waals surface area contributed by atoms with Crippen LogP contribution >= 0.6 is 0 Å². The van der Waals surface area contributed by atoms with Crippen LogP contribution in [0.5, 0.6) is 0 Å². The van der Waals surface area contributed by atoms with E-state index in [1.165, 1.54) is 50.0 Å². The van der Waals surface area contributed by atoms with E-state index in [9.17, 15) is 0 Å². The SMILES string of the molecule is CCCCN1CCC[C@@H]1c1ccc(NC)nc1C. The molecule has 1 aromatic heterocycles. The third kappa shape index (κ3) is 2.83. The summed E-state index contributed by atoms with van der Waals surface area (Å²) in [5.41, 5.74) is 2.60. The topological polar surface area (TPSA) is 28.2 Å². The number of nitrogens with zero attached hydrogens (tertiary/aromatic N) is 2. The number of hydrogen-bond donors (Lipinski definition) is 1. The number of pyridine rings is 1. The fourth-order valence-electron chi connectivity index (χ4n) is 2.87. The predicted molar refractivity (Wildman–Crippen MR) is 77.0 cm³/mol. The zero-order valence-corrected chi connectivity index (χ0v) is 11.9. The van der Waals surface area contributed by atoms with E-state index in [4.69, 9.17) is 0 Å². The van der Waals surface area contributed by atoms with E-state index in [0.29, 0.717) is 6.04 Å². The molecule has 1 N–H and O–H groups in total. The quantitative estimate of drug-likeness (QED) is 0.864. The molecule has 1 saturated heterocycles. The molecule has 0 saturated carbocycles. The Hall–Kier alpha value is -1.09. The molecule has 1 atom stereocenters. The van der Waals surface area contributed by atoms with E-state index in [0.717, 1.165) is 5.82 Å². The fraction of sp³-hybridized carbons (Fsp3) is 0.667. The van der Waals surface area contributed by atoms with Gasteiger partial charge in [0, 0.05) is 18.8 Å². The van der Waals surface area contributed by atoms with Crippen molar-refractivity contribution >= 4 is 5.82 Å². The second-order valence-corrected chi connectivity index (χ2v) is 5.17. The van der Waals surface area contributed by atoms with Gasteiger partial charge in [0.05, 0.1) is 0 Å². The molecule has 1 aliphatic heterocycles. The normalized spacial score (nSPS) is 20.3.